The van der Waals surface area contributed by atoms with E-state index in [1.165, 1.54) is 11.1 Å². The maximum Gasteiger partial charge on any atom is 0.193 e. The van der Waals surface area contributed by atoms with E-state index in [2.05, 4.69) is 55.3 Å². The van der Waals surface area contributed by atoms with E-state index in [-0.39, 0.29) is 5.41 Å². The Labute approximate surface area is 126 Å². The van der Waals surface area contributed by atoms with Crippen molar-refractivity contribution >= 4 is 11.6 Å². The van der Waals surface area contributed by atoms with Crippen LogP contribution in [0, 0.1) is 6.92 Å². The summed E-state index contributed by atoms with van der Waals surface area (Å²) >= 11 is 0. The van der Waals surface area contributed by atoms with Crippen LogP contribution in [-0.2, 0) is 5.41 Å². The van der Waals surface area contributed by atoms with Gasteiger partial charge in [-0.05, 0) is 30.2 Å². The molecule has 3 N–H and O–H groups in total. The molecule has 0 saturated heterocycles. The molecule has 0 aliphatic heterocycles. The first-order valence-electron chi connectivity index (χ1n) is 7.17. The molecule has 0 bridgehead atoms. The molecule has 3 heteroatoms. The molecule has 0 amide bonds. The van der Waals surface area contributed by atoms with Crippen LogP contribution in [0.1, 0.15) is 25.0 Å². The third-order valence-corrected chi connectivity index (χ3v) is 3.57. The number of nitrogens with zero attached hydrogens (tertiary/aromatic N) is 1. The number of nitrogens with one attached hydrogen (secondary N) is 1. The molecule has 2 aromatic rings. The van der Waals surface area contributed by atoms with Crippen LogP contribution in [0.15, 0.2) is 59.6 Å². The Morgan fingerprint density at radius 1 is 1.05 bits per heavy atom. The van der Waals surface area contributed by atoms with Gasteiger partial charge in [0.1, 0.15) is 0 Å². The van der Waals surface area contributed by atoms with Crippen molar-refractivity contribution in [1.82, 2.24) is 0 Å². The van der Waals surface area contributed by atoms with Crippen LogP contribution in [0.5, 0.6) is 0 Å². The first-order valence-corrected chi connectivity index (χ1v) is 7.17. The zero-order valence-corrected chi connectivity index (χ0v) is 12.9. The Hall–Kier alpha value is -2.29. The number of aliphatic imine (C=N–C) groups is 1. The first-order chi connectivity index (χ1) is 9.99. The molecule has 0 aliphatic rings. The predicted molar refractivity (Wildman–Crippen MR) is 90.8 cm³/mol. The molecule has 2 rings (SSSR count). The zero-order chi connectivity index (χ0) is 15.3. The van der Waals surface area contributed by atoms with E-state index in [1.54, 1.807) is 0 Å². The van der Waals surface area contributed by atoms with Crippen molar-refractivity contribution in [3.8, 4) is 0 Å². The highest BCUT2D eigenvalue weighted by Crippen LogP contribution is 2.26. The van der Waals surface area contributed by atoms with Gasteiger partial charge in [-0.1, -0.05) is 56.3 Å². The van der Waals surface area contributed by atoms with Crippen molar-refractivity contribution in [2.24, 2.45) is 10.7 Å². The fraction of sp³-hybridized carbons (Fsp3) is 0.278. The Balaban J connectivity index is 2.07. The molecule has 0 unspecified atom stereocenters. The minimum absolute atomic E-state index is 0.0473. The third-order valence-electron chi connectivity index (χ3n) is 3.57. The fourth-order valence-corrected chi connectivity index (χ4v) is 2.41. The molecule has 0 atom stereocenters. The van der Waals surface area contributed by atoms with Crippen molar-refractivity contribution in [2.45, 2.75) is 26.2 Å². The number of guanidine groups is 1. The minimum atomic E-state index is -0.0473. The van der Waals surface area contributed by atoms with Gasteiger partial charge in [0.25, 0.3) is 0 Å². The van der Waals surface area contributed by atoms with Crippen LogP contribution in [0.3, 0.4) is 0 Å². The lowest BCUT2D eigenvalue weighted by Gasteiger charge is -2.25. The van der Waals surface area contributed by atoms with Gasteiger partial charge in [0.2, 0.25) is 0 Å². The van der Waals surface area contributed by atoms with E-state index in [4.69, 9.17) is 5.73 Å². The number of benzene rings is 2. The first kappa shape index (κ1) is 15.1. The molecule has 0 aromatic heterocycles. The molecule has 0 aliphatic carbocycles. The summed E-state index contributed by atoms with van der Waals surface area (Å²) in [6.07, 6.45) is 0. The number of para-hydroxylation sites is 1. The standard InChI is InChI=1S/C18H23N3/c1-14-9-7-8-12-16(14)18(2,3)13-20-17(19)21-15-10-5-4-6-11-15/h4-12H,13H2,1-3H3,(H3,19,20,21). The molecule has 3 nitrogen and oxygen atoms in total. The lowest BCUT2D eigenvalue weighted by atomic mass is 9.82. The van der Waals surface area contributed by atoms with Crippen molar-refractivity contribution < 1.29 is 0 Å². The number of anilines is 1. The normalized spacial score (nSPS) is 12.2. The topological polar surface area (TPSA) is 50.4 Å². The second kappa shape index (κ2) is 6.44. The number of aryl methyl sites for hydroxylation is 1. The summed E-state index contributed by atoms with van der Waals surface area (Å²) in [5, 5.41) is 3.11. The summed E-state index contributed by atoms with van der Waals surface area (Å²) in [4.78, 5) is 4.49. The van der Waals surface area contributed by atoms with Crippen LogP contribution in [0.2, 0.25) is 0 Å². The Kier molecular flexibility index (Phi) is 4.63. The van der Waals surface area contributed by atoms with Gasteiger partial charge in [0.15, 0.2) is 5.96 Å². The number of hydrogen-bond acceptors (Lipinski definition) is 1. The number of nitrogens with two attached hydrogens (primary N) is 1. The van der Waals surface area contributed by atoms with Gasteiger partial charge in [-0.2, -0.15) is 0 Å². The molecule has 0 fully saturated rings. The van der Waals surface area contributed by atoms with Gasteiger partial charge >= 0.3 is 0 Å². The van der Waals surface area contributed by atoms with Crippen LogP contribution in [0.25, 0.3) is 0 Å². The maximum atomic E-state index is 5.97. The van der Waals surface area contributed by atoms with Gasteiger partial charge in [0, 0.05) is 11.1 Å². The molecular weight excluding hydrogens is 258 g/mol. The molecule has 0 spiro atoms. The van der Waals surface area contributed by atoms with Crippen molar-refractivity contribution in [3.05, 3.63) is 65.7 Å². The third kappa shape index (κ3) is 4.09. The van der Waals surface area contributed by atoms with Crippen molar-refractivity contribution in [2.75, 3.05) is 11.9 Å². The van der Waals surface area contributed by atoms with Crippen LogP contribution < -0.4 is 11.1 Å². The van der Waals surface area contributed by atoms with Gasteiger partial charge in [-0.15, -0.1) is 0 Å². The highest BCUT2D eigenvalue weighted by Gasteiger charge is 2.21. The second-order valence-corrected chi connectivity index (χ2v) is 5.89. The quantitative estimate of drug-likeness (QED) is 0.663. The van der Waals surface area contributed by atoms with Gasteiger partial charge < -0.3 is 11.1 Å². The summed E-state index contributed by atoms with van der Waals surface area (Å²) in [5.41, 5.74) is 9.46. The van der Waals surface area contributed by atoms with Gasteiger partial charge in [-0.25, -0.2) is 0 Å². The number of rotatable bonds is 4. The van der Waals surface area contributed by atoms with E-state index >= 15 is 0 Å². The van der Waals surface area contributed by atoms with Gasteiger partial charge in [-0.3, -0.25) is 4.99 Å². The van der Waals surface area contributed by atoms with E-state index in [0.29, 0.717) is 12.5 Å². The van der Waals surface area contributed by atoms with Crippen molar-refractivity contribution in [1.29, 1.82) is 0 Å². The molecule has 0 saturated carbocycles. The predicted octanol–water partition coefficient (Wildman–Crippen LogP) is 3.70. The summed E-state index contributed by atoms with van der Waals surface area (Å²) in [6.45, 7) is 7.15. The monoisotopic (exact) mass is 281 g/mol. The van der Waals surface area contributed by atoms with Crippen LogP contribution in [-0.4, -0.2) is 12.5 Å². The highest BCUT2D eigenvalue weighted by molar-refractivity contribution is 5.92. The van der Waals surface area contributed by atoms with Crippen LogP contribution in [0.4, 0.5) is 5.69 Å². The van der Waals surface area contributed by atoms with E-state index in [9.17, 15) is 0 Å². The average molecular weight is 281 g/mol. The molecule has 110 valence electrons. The molecule has 0 heterocycles. The van der Waals surface area contributed by atoms with Gasteiger partial charge in [0.05, 0.1) is 6.54 Å². The van der Waals surface area contributed by atoms with Crippen molar-refractivity contribution in [3.63, 3.8) is 0 Å². The summed E-state index contributed by atoms with van der Waals surface area (Å²) in [5.74, 6) is 0.447. The largest absolute Gasteiger partial charge is 0.370 e. The SMILES string of the molecule is Cc1ccccc1C(C)(C)CN=C(N)Nc1ccccc1. The van der Waals surface area contributed by atoms with Crippen LogP contribution >= 0.6 is 0 Å². The number of hydrogen-bond donors (Lipinski definition) is 2. The lowest BCUT2D eigenvalue weighted by molar-refractivity contribution is 0.537. The summed E-state index contributed by atoms with van der Waals surface area (Å²) < 4.78 is 0. The molecule has 0 radical (unpaired) electrons. The van der Waals surface area contributed by atoms with E-state index in [0.717, 1.165) is 5.69 Å². The molecule has 21 heavy (non-hydrogen) atoms. The maximum absolute atomic E-state index is 5.97. The lowest BCUT2D eigenvalue weighted by Crippen LogP contribution is -2.28. The zero-order valence-electron chi connectivity index (χ0n) is 12.9. The Bertz CT molecular complexity index is 615. The van der Waals surface area contributed by atoms with E-state index in [1.807, 2.05) is 30.3 Å². The highest BCUT2D eigenvalue weighted by atomic mass is 15.1. The minimum Gasteiger partial charge on any atom is -0.370 e. The molecular formula is C18H23N3. The Morgan fingerprint density at radius 3 is 2.33 bits per heavy atom. The smallest absolute Gasteiger partial charge is 0.193 e. The second-order valence-electron chi connectivity index (χ2n) is 5.89. The summed E-state index contributed by atoms with van der Waals surface area (Å²) in [7, 11) is 0. The Morgan fingerprint density at radius 2 is 1.67 bits per heavy atom. The summed E-state index contributed by atoms with van der Waals surface area (Å²) in [6, 6.07) is 18.3. The fourth-order valence-electron chi connectivity index (χ4n) is 2.41. The van der Waals surface area contributed by atoms with E-state index < -0.39 is 0 Å². The molecule has 2 aromatic carbocycles. The average Bonchev–Trinajstić information content (AvgIpc) is 2.47.